The first-order valence-corrected chi connectivity index (χ1v) is 7.14. The van der Waals surface area contributed by atoms with Crippen LogP contribution in [0.2, 0.25) is 0 Å². The number of aromatic nitrogens is 2. The molecule has 4 heteroatoms. The summed E-state index contributed by atoms with van der Waals surface area (Å²) in [5.41, 5.74) is 3.67. The van der Waals surface area contributed by atoms with Crippen LogP contribution in [-0.2, 0) is 6.42 Å². The summed E-state index contributed by atoms with van der Waals surface area (Å²) in [6.45, 7) is 6.09. The Morgan fingerprint density at radius 1 is 1.20 bits per heavy atom. The second kappa shape index (κ2) is 6.01. The number of hydrogen-bond acceptors (Lipinski definition) is 4. The minimum absolute atomic E-state index is 0.858. The van der Waals surface area contributed by atoms with E-state index in [4.69, 9.17) is 4.98 Å². The standard InChI is InChI=1S/C16H20N4/c1-13-3-2-4-14(11-13)12-15-5-6-18-16(19-15)20-9-7-17-8-10-20/h2-6,11,17H,7-10,12H2,1H3. The SMILES string of the molecule is Cc1cccc(Cc2ccnc(N3CCNCC3)n2)c1. The summed E-state index contributed by atoms with van der Waals surface area (Å²) in [6.07, 6.45) is 2.73. The predicted molar refractivity (Wildman–Crippen MR) is 81.1 cm³/mol. The lowest BCUT2D eigenvalue weighted by atomic mass is 10.1. The van der Waals surface area contributed by atoms with E-state index in [2.05, 4.69) is 46.4 Å². The quantitative estimate of drug-likeness (QED) is 0.921. The van der Waals surface area contributed by atoms with Crippen molar-refractivity contribution in [1.29, 1.82) is 0 Å². The van der Waals surface area contributed by atoms with Crippen LogP contribution in [0.5, 0.6) is 0 Å². The third kappa shape index (κ3) is 3.14. The zero-order chi connectivity index (χ0) is 13.8. The van der Waals surface area contributed by atoms with Crippen LogP contribution < -0.4 is 10.2 Å². The molecule has 0 spiro atoms. The normalized spacial score (nSPS) is 15.3. The van der Waals surface area contributed by atoms with Gasteiger partial charge in [-0.2, -0.15) is 0 Å². The third-order valence-electron chi connectivity index (χ3n) is 3.57. The topological polar surface area (TPSA) is 41.1 Å². The number of nitrogens with one attached hydrogen (secondary N) is 1. The van der Waals surface area contributed by atoms with E-state index in [9.17, 15) is 0 Å². The van der Waals surface area contributed by atoms with Crippen LogP contribution in [0.15, 0.2) is 36.5 Å². The van der Waals surface area contributed by atoms with Crippen LogP contribution >= 0.6 is 0 Å². The van der Waals surface area contributed by atoms with E-state index in [-0.39, 0.29) is 0 Å². The van der Waals surface area contributed by atoms with Gasteiger partial charge in [0.2, 0.25) is 5.95 Å². The van der Waals surface area contributed by atoms with Crippen LogP contribution in [0.4, 0.5) is 5.95 Å². The zero-order valence-electron chi connectivity index (χ0n) is 11.8. The number of benzene rings is 1. The van der Waals surface area contributed by atoms with Gasteiger partial charge in [-0.15, -0.1) is 0 Å². The van der Waals surface area contributed by atoms with Crippen LogP contribution in [0.3, 0.4) is 0 Å². The molecule has 1 aliphatic rings. The molecule has 2 aromatic rings. The molecule has 2 heterocycles. The van der Waals surface area contributed by atoms with Crippen LogP contribution in [0.25, 0.3) is 0 Å². The molecule has 3 rings (SSSR count). The van der Waals surface area contributed by atoms with Crippen molar-refractivity contribution < 1.29 is 0 Å². The van der Waals surface area contributed by atoms with Crippen LogP contribution in [-0.4, -0.2) is 36.1 Å². The number of nitrogens with zero attached hydrogens (tertiary/aromatic N) is 3. The molecule has 20 heavy (non-hydrogen) atoms. The van der Waals surface area contributed by atoms with Gasteiger partial charge in [0, 0.05) is 38.8 Å². The van der Waals surface area contributed by atoms with Gasteiger partial charge in [0.05, 0.1) is 5.69 Å². The Labute approximate surface area is 119 Å². The van der Waals surface area contributed by atoms with Crippen molar-refractivity contribution >= 4 is 5.95 Å². The predicted octanol–water partition coefficient (Wildman–Crippen LogP) is 1.79. The van der Waals surface area contributed by atoms with E-state index >= 15 is 0 Å². The number of anilines is 1. The van der Waals surface area contributed by atoms with Crippen LogP contribution in [0, 0.1) is 6.92 Å². The highest BCUT2D eigenvalue weighted by Crippen LogP contribution is 2.13. The molecular weight excluding hydrogens is 248 g/mol. The second-order valence-corrected chi connectivity index (χ2v) is 5.25. The first-order valence-electron chi connectivity index (χ1n) is 7.14. The van der Waals surface area contributed by atoms with Crippen molar-refractivity contribution in [3.63, 3.8) is 0 Å². The maximum atomic E-state index is 4.71. The number of piperazine rings is 1. The molecule has 1 aromatic heterocycles. The molecule has 0 saturated carbocycles. The highest BCUT2D eigenvalue weighted by Gasteiger charge is 2.13. The molecule has 0 amide bonds. The Hall–Kier alpha value is -1.94. The fourth-order valence-electron chi connectivity index (χ4n) is 2.53. The smallest absolute Gasteiger partial charge is 0.225 e. The highest BCUT2D eigenvalue weighted by atomic mass is 15.3. The molecular formula is C16H20N4. The van der Waals surface area contributed by atoms with Gasteiger partial charge in [-0.1, -0.05) is 29.8 Å². The third-order valence-corrected chi connectivity index (χ3v) is 3.57. The minimum atomic E-state index is 0.858. The van der Waals surface area contributed by atoms with E-state index in [0.29, 0.717) is 0 Å². The Morgan fingerprint density at radius 3 is 2.85 bits per heavy atom. The van der Waals surface area contributed by atoms with E-state index in [1.165, 1.54) is 11.1 Å². The van der Waals surface area contributed by atoms with Gasteiger partial charge in [-0.25, -0.2) is 9.97 Å². The summed E-state index contributed by atoms with van der Waals surface area (Å²) in [4.78, 5) is 11.4. The van der Waals surface area contributed by atoms with Gasteiger partial charge >= 0.3 is 0 Å². The summed E-state index contributed by atoms with van der Waals surface area (Å²) in [5.74, 6) is 0.858. The average Bonchev–Trinajstić information content (AvgIpc) is 2.48. The molecule has 0 unspecified atom stereocenters. The van der Waals surface area contributed by atoms with Crippen molar-refractivity contribution in [1.82, 2.24) is 15.3 Å². The molecule has 1 aliphatic heterocycles. The van der Waals surface area contributed by atoms with Gasteiger partial charge in [0.25, 0.3) is 0 Å². The maximum Gasteiger partial charge on any atom is 0.225 e. The molecule has 0 radical (unpaired) electrons. The molecule has 0 bridgehead atoms. The molecule has 1 N–H and O–H groups in total. The molecule has 1 aromatic carbocycles. The molecule has 104 valence electrons. The summed E-state index contributed by atoms with van der Waals surface area (Å²) in [6, 6.07) is 10.6. The molecule has 1 fully saturated rings. The summed E-state index contributed by atoms with van der Waals surface area (Å²) in [5, 5.41) is 3.35. The van der Waals surface area contributed by atoms with Gasteiger partial charge < -0.3 is 10.2 Å². The van der Waals surface area contributed by atoms with Crippen molar-refractivity contribution in [2.75, 3.05) is 31.1 Å². The van der Waals surface area contributed by atoms with Gasteiger partial charge in [0.15, 0.2) is 0 Å². The number of hydrogen-bond donors (Lipinski definition) is 1. The monoisotopic (exact) mass is 268 g/mol. The molecule has 4 nitrogen and oxygen atoms in total. The maximum absolute atomic E-state index is 4.71. The first-order chi connectivity index (χ1) is 9.81. The van der Waals surface area contributed by atoms with Gasteiger partial charge in [-0.3, -0.25) is 0 Å². The lowest BCUT2D eigenvalue weighted by Gasteiger charge is -2.27. The van der Waals surface area contributed by atoms with E-state index in [0.717, 1.165) is 44.2 Å². The molecule has 1 saturated heterocycles. The summed E-state index contributed by atoms with van der Waals surface area (Å²) >= 11 is 0. The Balaban J connectivity index is 1.77. The number of aryl methyl sites for hydroxylation is 1. The fraction of sp³-hybridized carbons (Fsp3) is 0.375. The largest absolute Gasteiger partial charge is 0.338 e. The second-order valence-electron chi connectivity index (χ2n) is 5.25. The molecule has 0 atom stereocenters. The summed E-state index contributed by atoms with van der Waals surface area (Å²) < 4.78 is 0. The zero-order valence-corrected chi connectivity index (χ0v) is 11.8. The van der Waals surface area contributed by atoms with E-state index in [1.807, 2.05) is 12.3 Å². The Bertz CT molecular complexity index is 576. The van der Waals surface area contributed by atoms with Crippen LogP contribution in [0.1, 0.15) is 16.8 Å². The van der Waals surface area contributed by atoms with Crippen molar-refractivity contribution in [3.05, 3.63) is 53.3 Å². The average molecular weight is 268 g/mol. The Morgan fingerprint density at radius 2 is 2.05 bits per heavy atom. The minimum Gasteiger partial charge on any atom is -0.338 e. The molecule has 0 aliphatic carbocycles. The van der Waals surface area contributed by atoms with E-state index < -0.39 is 0 Å². The van der Waals surface area contributed by atoms with E-state index in [1.54, 1.807) is 0 Å². The lowest BCUT2D eigenvalue weighted by Crippen LogP contribution is -2.44. The first kappa shape index (κ1) is 13.1. The highest BCUT2D eigenvalue weighted by molar-refractivity contribution is 5.33. The fourth-order valence-corrected chi connectivity index (χ4v) is 2.53. The van der Waals surface area contributed by atoms with Crippen molar-refractivity contribution in [2.45, 2.75) is 13.3 Å². The number of rotatable bonds is 3. The van der Waals surface area contributed by atoms with Crippen molar-refractivity contribution in [2.24, 2.45) is 0 Å². The summed E-state index contributed by atoms with van der Waals surface area (Å²) in [7, 11) is 0. The van der Waals surface area contributed by atoms with Gasteiger partial charge in [0.1, 0.15) is 0 Å². The lowest BCUT2D eigenvalue weighted by molar-refractivity contribution is 0.579. The van der Waals surface area contributed by atoms with Crippen molar-refractivity contribution in [3.8, 4) is 0 Å². The Kier molecular flexibility index (Phi) is 3.92. The van der Waals surface area contributed by atoms with Gasteiger partial charge in [-0.05, 0) is 18.6 Å².